The van der Waals surface area contributed by atoms with Crippen molar-refractivity contribution in [2.45, 2.75) is 39.7 Å². The minimum absolute atomic E-state index is 0.167. The second kappa shape index (κ2) is 5.10. The molecule has 0 rings (SSSR count). The van der Waals surface area contributed by atoms with Crippen LogP contribution in [0.3, 0.4) is 0 Å². The molecule has 0 radical (unpaired) electrons. The smallest absolute Gasteiger partial charge is 0.0718 e. The largest absolute Gasteiger partial charge is 0.389 e. The van der Waals surface area contributed by atoms with Crippen molar-refractivity contribution in [3.8, 4) is 0 Å². The van der Waals surface area contributed by atoms with E-state index in [4.69, 9.17) is 5.73 Å². The van der Waals surface area contributed by atoms with Crippen LogP contribution in [0.25, 0.3) is 0 Å². The molecule has 0 bridgehead atoms. The summed E-state index contributed by atoms with van der Waals surface area (Å²) in [6.07, 6.45) is 1.07. The molecule has 0 saturated heterocycles. The normalized spacial score (nSPS) is 17.1. The predicted molar refractivity (Wildman–Crippen MR) is 61.2 cm³/mol. The molecule has 0 aliphatic heterocycles. The summed E-state index contributed by atoms with van der Waals surface area (Å²) < 4.78 is 0. The monoisotopic (exact) mass is 202 g/mol. The van der Waals surface area contributed by atoms with Gasteiger partial charge in [0.15, 0.2) is 0 Å². The van der Waals surface area contributed by atoms with E-state index in [-0.39, 0.29) is 5.41 Å². The number of hydrogen-bond acceptors (Lipinski definition) is 3. The summed E-state index contributed by atoms with van der Waals surface area (Å²) in [6, 6.07) is 0. The molecule has 3 N–H and O–H groups in total. The highest BCUT2D eigenvalue weighted by Gasteiger charge is 2.24. The van der Waals surface area contributed by atoms with E-state index in [1.165, 1.54) is 0 Å². The molecule has 3 heteroatoms. The van der Waals surface area contributed by atoms with Crippen LogP contribution in [0.5, 0.6) is 0 Å². The molecule has 1 unspecified atom stereocenters. The van der Waals surface area contributed by atoms with Gasteiger partial charge in [0.05, 0.1) is 5.60 Å². The quantitative estimate of drug-likeness (QED) is 0.677. The zero-order valence-electron chi connectivity index (χ0n) is 10.3. The lowest BCUT2D eigenvalue weighted by Crippen LogP contribution is -2.44. The van der Waals surface area contributed by atoms with Gasteiger partial charge in [-0.2, -0.15) is 0 Å². The first-order valence-corrected chi connectivity index (χ1v) is 5.33. The van der Waals surface area contributed by atoms with Crippen LogP contribution in [-0.4, -0.2) is 42.3 Å². The number of nitrogens with two attached hydrogens (primary N) is 1. The van der Waals surface area contributed by atoms with E-state index in [1.54, 1.807) is 0 Å². The van der Waals surface area contributed by atoms with Crippen molar-refractivity contribution in [1.82, 2.24) is 4.90 Å². The van der Waals surface area contributed by atoms with Crippen molar-refractivity contribution in [3.05, 3.63) is 0 Å². The van der Waals surface area contributed by atoms with Crippen molar-refractivity contribution in [2.24, 2.45) is 11.1 Å². The SMILES string of the molecule is CCC(C)(CN)CN(C)CC(C)(C)O. The molecule has 3 nitrogen and oxygen atoms in total. The zero-order chi connectivity index (χ0) is 11.4. The summed E-state index contributed by atoms with van der Waals surface area (Å²) in [5.41, 5.74) is 5.28. The highest BCUT2D eigenvalue weighted by Crippen LogP contribution is 2.20. The van der Waals surface area contributed by atoms with Crippen LogP contribution in [-0.2, 0) is 0 Å². The fourth-order valence-electron chi connectivity index (χ4n) is 1.69. The van der Waals surface area contributed by atoms with E-state index in [0.717, 1.165) is 13.0 Å². The van der Waals surface area contributed by atoms with E-state index >= 15 is 0 Å². The lowest BCUT2D eigenvalue weighted by molar-refractivity contribution is 0.0325. The third-order valence-corrected chi connectivity index (χ3v) is 2.65. The van der Waals surface area contributed by atoms with Crippen molar-refractivity contribution in [3.63, 3.8) is 0 Å². The Labute approximate surface area is 88.3 Å². The molecule has 0 heterocycles. The molecule has 1 atom stereocenters. The molecule has 0 spiro atoms. The molecule has 0 amide bonds. The Bertz CT molecular complexity index is 159. The lowest BCUT2D eigenvalue weighted by Gasteiger charge is -2.34. The van der Waals surface area contributed by atoms with Crippen LogP contribution in [0.2, 0.25) is 0 Å². The van der Waals surface area contributed by atoms with Gasteiger partial charge in [0, 0.05) is 13.1 Å². The summed E-state index contributed by atoms with van der Waals surface area (Å²) in [5, 5.41) is 9.66. The molecular weight excluding hydrogens is 176 g/mol. The first-order chi connectivity index (χ1) is 6.22. The second-order valence-electron chi connectivity index (χ2n) is 5.35. The first kappa shape index (κ1) is 13.9. The molecule has 0 fully saturated rings. The van der Waals surface area contributed by atoms with Gasteiger partial charge < -0.3 is 15.7 Å². The average Bonchev–Trinajstić information content (AvgIpc) is 2.00. The van der Waals surface area contributed by atoms with Crippen molar-refractivity contribution in [1.29, 1.82) is 0 Å². The van der Waals surface area contributed by atoms with Crippen molar-refractivity contribution < 1.29 is 5.11 Å². The Hall–Kier alpha value is -0.120. The highest BCUT2D eigenvalue weighted by molar-refractivity contribution is 4.79. The van der Waals surface area contributed by atoms with E-state index in [1.807, 2.05) is 20.9 Å². The molecule has 0 aromatic carbocycles. The third-order valence-electron chi connectivity index (χ3n) is 2.65. The fourth-order valence-corrected chi connectivity index (χ4v) is 1.69. The van der Waals surface area contributed by atoms with Crippen molar-refractivity contribution >= 4 is 0 Å². The molecule has 86 valence electrons. The van der Waals surface area contributed by atoms with Crippen LogP contribution in [0.4, 0.5) is 0 Å². The van der Waals surface area contributed by atoms with Gasteiger partial charge in [0.25, 0.3) is 0 Å². The fraction of sp³-hybridized carbons (Fsp3) is 1.00. The minimum atomic E-state index is -0.627. The lowest BCUT2D eigenvalue weighted by atomic mass is 9.87. The Balaban J connectivity index is 4.10. The van der Waals surface area contributed by atoms with Crippen LogP contribution in [0, 0.1) is 5.41 Å². The maximum absolute atomic E-state index is 9.66. The van der Waals surface area contributed by atoms with Gasteiger partial charge in [0.2, 0.25) is 0 Å². The van der Waals surface area contributed by atoms with Gasteiger partial charge in [0.1, 0.15) is 0 Å². The maximum atomic E-state index is 9.66. The minimum Gasteiger partial charge on any atom is -0.389 e. The summed E-state index contributed by atoms with van der Waals surface area (Å²) in [6.45, 7) is 10.3. The van der Waals surface area contributed by atoms with Crippen LogP contribution >= 0.6 is 0 Å². The maximum Gasteiger partial charge on any atom is 0.0718 e. The number of likely N-dealkylation sites (N-methyl/N-ethyl adjacent to an activating group) is 1. The molecule has 0 aliphatic carbocycles. The Morgan fingerprint density at radius 2 is 1.71 bits per heavy atom. The van der Waals surface area contributed by atoms with E-state index in [0.29, 0.717) is 13.1 Å². The Kier molecular flexibility index (Phi) is 5.06. The molecule has 14 heavy (non-hydrogen) atoms. The highest BCUT2D eigenvalue weighted by atomic mass is 16.3. The third kappa shape index (κ3) is 5.58. The molecule has 0 aliphatic rings. The van der Waals surface area contributed by atoms with E-state index in [9.17, 15) is 5.11 Å². The molecular formula is C11H26N2O. The average molecular weight is 202 g/mol. The van der Waals surface area contributed by atoms with Gasteiger partial charge >= 0.3 is 0 Å². The first-order valence-electron chi connectivity index (χ1n) is 5.33. The van der Waals surface area contributed by atoms with Gasteiger partial charge in [-0.3, -0.25) is 0 Å². The van der Waals surface area contributed by atoms with E-state index < -0.39 is 5.60 Å². The Morgan fingerprint density at radius 3 is 2.00 bits per heavy atom. The number of hydrogen-bond donors (Lipinski definition) is 2. The second-order valence-corrected chi connectivity index (χ2v) is 5.35. The summed E-state index contributed by atoms with van der Waals surface area (Å²) in [4.78, 5) is 2.15. The summed E-state index contributed by atoms with van der Waals surface area (Å²) in [5.74, 6) is 0. The topological polar surface area (TPSA) is 49.5 Å². The number of rotatable bonds is 6. The van der Waals surface area contributed by atoms with Crippen LogP contribution < -0.4 is 5.73 Å². The standard InChI is InChI=1S/C11H26N2O/c1-6-11(4,7-12)9-13(5)8-10(2,3)14/h14H,6-9,12H2,1-5H3. The Morgan fingerprint density at radius 1 is 1.21 bits per heavy atom. The molecule has 0 aromatic heterocycles. The summed E-state index contributed by atoms with van der Waals surface area (Å²) in [7, 11) is 2.03. The van der Waals surface area contributed by atoms with Crippen LogP contribution in [0.1, 0.15) is 34.1 Å². The molecule has 0 aromatic rings. The zero-order valence-corrected chi connectivity index (χ0v) is 10.3. The number of aliphatic hydroxyl groups is 1. The molecule has 0 saturated carbocycles. The van der Waals surface area contributed by atoms with Crippen LogP contribution in [0.15, 0.2) is 0 Å². The van der Waals surface area contributed by atoms with Gasteiger partial charge in [-0.05, 0) is 39.3 Å². The predicted octanol–water partition coefficient (Wildman–Crippen LogP) is 1.06. The van der Waals surface area contributed by atoms with Gasteiger partial charge in [-0.15, -0.1) is 0 Å². The van der Waals surface area contributed by atoms with Gasteiger partial charge in [-0.25, -0.2) is 0 Å². The summed E-state index contributed by atoms with van der Waals surface area (Å²) >= 11 is 0. The van der Waals surface area contributed by atoms with E-state index in [2.05, 4.69) is 18.7 Å². The van der Waals surface area contributed by atoms with Crippen molar-refractivity contribution in [2.75, 3.05) is 26.7 Å². The number of nitrogens with zero attached hydrogens (tertiary/aromatic N) is 1. The van der Waals surface area contributed by atoms with Gasteiger partial charge in [-0.1, -0.05) is 13.8 Å².